The lowest BCUT2D eigenvalue weighted by Crippen LogP contribution is -2.34. The lowest BCUT2D eigenvalue weighted by molar-refractivity contribution is 0.0636. The predicted octanol–water partition coefficient (Wildman–Crippen LogP) is 3.30. The zero-order chi connectivity index (χ0) is 16.2. The van der Waals surface area contributed by atoms with Crippen LogP contribution in [-0.4, -0.2) is 30.9 Å². The Kier molecular flexibility index (Phi) is 5.24. The number of hydrogen-bond donors (Lipinski definition) is 2. The van der Waals surface area contributed by atoms with Gasteiger partial charge in [0.2, 0.25) is 0 Å². The number of piperidine rings is 1. The number of amides is 1. The van der Waals surface area contributed by atoms with Crippen LogP contribution in [0.5, 0.6) is 5.75 Å². The van der Waals surface area contributed by atoms with Crippen LogP contribution in [0, 0.1) is 5.82 Å². The number of rotatable bonds is 3. The fourth-order valence-electron chi connectivity index (χ4n) is 2.19. The third-order valence-electron chi connectivity index (χ3n) is 3.16. The van der Waals surface area contributed by atoms with Gasteiger partial charge in [0, 0.05) is 11.8 Å². The molecule has 1 heterocycles. The first-order valence-electron chi connectivity index (χ1n) is 7.50. The highest BCUT2D eigenvalue weighted by molar-refractivity contribution is 5.84. The largest absolute Gasteiger partial charge is 0.487 e. The minimum absolute atomic E-state index is 0.0282. The Balaban J connectivity index is 1.95. The molecule has 0 radical (unpaired) electrons. The number of benzene rings is 1. The van der Waals surface area contributed by atoms with Gasteiger partial charge in [-0.1, -0.05) is 0 Å². The molecular formula is C16H23FN2O3. The number of carbonyl (C=O) groups is 1. The van der Waals surface area contributed by atoms with Gasteiger partial charge in [-0.3, -0.25) is 5.32 Å². The van der Waals surface area contributed by atoms with Crippen molar-refractivity contribution in [3.8, 4) is 5.75 Å². The maximum absolute atomic E-state index is 14.1. The van der Waals surface area contributed by atoms with Gasteiger partial charge in [0.25, 0.3) is 0 Å². The summed E-state index contributed by atoms with van der Waals surface area (Å²) < 4.78 is 24.9. The molecule has 22 heavy (non-hydrogen) atoms. The smallest absolute Gasteiger partial charge is 0.412 e. The first kappa shape index (κ1) is 16.5. The fourth-order valence-corrected chi connectivity index (χ4v) is 2.19. The van der Waals surface area contributed by atoms with E-state index in [1.807, 2.05) is 0 Å². The number of hydrogen-bond acceptors (Lipinski definition) is 4. The van der Waals surface area contributed by atoms with Crippen LogP contribution < -0.4 is 15.4 Å². The Bertz CT molecular complexity index is 523. The van der Waals surface area contributed by atoms with Crippen molar-refractivity contribution in [3.05, 3.63) is 24.0 Å². The second kappa shape index (κ2) is 6.96. The van der Waals surface area contributed by atoms with Gasteiger partial charge in [0.05, 0.1) is 0 Å². The van der Waals surface area contributed by atoms with Crippen LogP contribution >= 0.6 is 0 Å². The normalized spacial score (nSPS) is 16.2. The molecular weight excluding hydrogens is 287 g/mol. The molecule has 1 fully saturated rings. The summed E-state index contributed by atoms with van der Waals surface area (Å²) in [5.74, 6) is -0.284. The second-order valence-corrected chi connectivity index (χ2v) is 6.34. The number of anilines is 1. The van der Waals surface area contributed by atoms with E-state index in [2.05, 4.69) is 10.6 Å². The number of ether oxygens (including phenoxy) is 2. The lowest BCUT2D eigenvalue weighted by Gasteiger charge is -2.24. The highest BCUT2D eigenvalue weighted by Crippen LogP contribution is 2.24. The van der Waals surface area contributed by atoms with E-state index in [1.54, 1.807) is 26.8 Å². The van der Waals surface area contributed by atoms with Crippen molar-refractivity contribution in [2.24, 2.45) is 0 Å². The summed E-state index contributed by atoms with van der Waals surface area (Å²) in [7, 11) is 0. The summed E-state index contributed by atoms with van der Waals surface area (Å²) in [6.07, 6.45) is 1.13. The maximum atomic E-state index is 14.1. The molecule has 0 saturated carbocycles. The molecule has 2 N–H and O–H groups in total. The molecule has 0 aromatic heterocycles. The molecule has 2 rings (SSSR count). The van der Waals surface area contributed by atoms with Gasteiger partial charge in [0.1, 0.15) is 11.7 Å². The molecule has 1 aromatic carbocycles. The van der Waals surface area contributed by atoms with Gasteiger partial charge >= 0.3 is 6.09 Å². The number of carbonyl (C=O) groups excluding carboxylic acids is 1. The molecule has 1 aliphatic rings. The van der Waals surface area contributed by atoms with Crippen LogP contribution in [0.15, 0.2) is 18.2 Å². The Morgan fingerprint density at radius 1 is 1.32 bits per heavy atom. The van der Waals surface area contributed by atoms with E-state index in [9.17, 15) is 9.18 Å². The van der Waals surface area contributed by atoms with E-state index >= 15 is 0 Å². The van der Waals surface area contributed by atoms with Crippen molar-refractivity contribution in [3.63, 3.8) is 0 Å². The standard InChI is InChI=1S/C16H23FN2O3/c1-16(2,3)22-15(20)19-11-4-5-14(13(17)10-11)21-12-6-8-18-9-7-12/h4-5,10,12,18H,6-9H2,1-3H3,(H,19,20). The average Bonchev–Trinajstić information content (AvgIpc) is 2.41. The van der Waals surface area contributed by atoms with E-state index in [0.717, 1.165) is 25.9 Å². The summed E-state index contributed by atoms with van der Waals surface area (Å²) in [5, 5.41) is 5.73. The van der Waals surface area contributed by atoms with Gasteiger partial charge < -0.3 is 14.8 Å². The van der Waals surface area contributed by atoms with E-state index < -0.39 is 17.5 Å². The van der Waals surface area contributed by atoms with E-state index in [1.165, 1.54) is 12.1 Å². The van der Waals surface area contributed by atoms with Crippen molar-refractivity contribution in [2.75, 3.05) is 18.4 Å². The van der Waals surface area contributed by atoms with Crippen molar-refractivity contribution >= 4 is 11.8 Å². The zero-order valence-electron chi connectivity index (χ0n) is 13.2. The molecule has 0 atom stereocenters. The molecule has 1 amide bonds. The van der Waals surface area contributed by atoms with Crippen LogP contribution in [0.4, 0.5) is 14.9 Å². The first-order chi connectivity index (χ1) is 10.3. The summed E-state index contributed by atoms with van der Waals surface area (Å²) in [6.45, 7) is 7.06. The van der Waals surface area contributed by atoms with Gasteiger partial charge in [-0.25, -0.2) is 9.18 Å². The molecule has 0 bridgehead atoms. The third-order valence-corrected chi connectivity index (χ3v) is 3.16. The average molecular weight is 310 g/mol. The van der Waals surface area contributed by atoms with Gasteiger partial charge in [-0.2, -0.15) is 0 Å². The Labute approximate surface area is 130 Å². The van der Waals surface area contributed by atoms with E-state index in [0.29, 0.717) is 5.69 Å². The number of halogens is 1. The molecule has 0 unspecified atom stereocenters. The summed E-state index contributed by atoms with van der Waals surface area (Å²) >= 11 is 0. The summed E-state index contributed by atoms with van der Waals surface area (Å²) in [6, 6.07) is 4.37. The molecule has 0 aliphatic carbocycles. The van der Waals surface area contributed by atoms with Gasteiger partial charge in [-0.15, -0.1) is 0 Å². The number of nitrogens with one attached hydrogen (secondary N) is 2. The van der Waals surface area contributed by atoms with Crippen molar-refractivity contribution in [2.45, 2.75) is 45.3 Å². The minimum Gasteiger partial charge on any atom is -0.487 e. The highest BCUT2D eigenvalue weighted by Gasteiger charge is 2.18. The molecule has 0 spiro atoms. The van der Waals surface area contributed by atoms with Crippen LogP contribution in [0.1, 0.15) is 33.6 Å². The fraction of sp³-hybridized carbons (Fsp3) is 0.562. The molecule has 5 nitrogen and oxygen atoms in total. The molecule has 1 aliphatic heterocycles. The summed E-state index contributed by atoms with van der Waals surface area (Å²) in [4.78, 5) is 11.6. The molecule has 122 valence electrons. The predicted molar refractivity (Wildman–Crippen MR) is 82.8 cm³/mol. The molecule has 6 heteroatoms. The zero-order valence-corrected chi connectivity index (χ0v) is 13.2. The van der Waals surface area contributed by atoms with Crippen LogP contribution in [0.3, 0.4) is 0 Å². The quantitative estimate of drug-likeness (QED) is 0.899. The van der Waals surface area contributed by atoms with Crippen molar-refractivity contribution in [1.82, 2.24) is 5.32 Å². The Morgan fingerprint density at radius 2 is 2.00 bits per heavy atom. The highest BCUT2D eigenvalue weighted by atomic mass is 19.1. The Morgan fingerprint density at radius 3 is 2.59 bits per heavy atom. The van der Waals surface area contributed by atoms with Crippen LogP contribution in [0.2, 0.25) is 0 Å². The topological polar surface area (TPSA) is 59.6 Å². The SMILES string of the molecule is CC(C)(C)OC(=O)Nc1ccc(OC2CCNCC2)c(F)c1. The van der Waals surface area contributed by atoms with Gasteiger partial charge in [-0.05, 0) is 58.8 Å². The lowest BCUT2D eigenvalue weighted by atomic mass is 10.1. The first-order valence-corrected chi connectivity index (χ1v) is 7.50. The summed E-state index contributed by atoms with van der Waals surface area (Å²) in [5.41, 5.74) is -0.259. The molecule has 1 aromatic rings. The third kappa shape index (κ3) is 5.18. The van der Waals surface area contributed by atoms with Crippen molar-refractivity contribution < 1.29 is 18.7 Å². The minimum atomic E-state index is -0.612. The second-order valence-electron chi connectivity index (χ2n) is 6.34. The van der Waals surface area contributed by atoms with Crippen LogP contribution in [0.25, 0.3) is 0 Å². The maximum Gasteiger partial charge on any atom is 0.412 e. The van der Waals surface area contributed by atoms with E-state index in [4.69, 9.17) is 9.47 Å². The van der Waals surface area contributed by atoms with Crippen molar-refractivity contribution in [1.29, 1.82) is 0 Å². The van der Waals surface area contributed by atoms with Crippen LogP contribution in [-0.2, 0) is 4.74 Å². The van der Waals surface area contributed by atoms with E-state index in [-0.39, 0.29) is 11.9 Å². The Hall–Kier alpha value is -1.82. The van der Waals surface area contributed by atoms with Gasteiger partial charge in [0.15, 0.2) is 11.6 Å². The molecule has 1 saturated heterocycles. The monoisotopic (exact) mass is 310 g/mol.